The van der Waals surface area contributed by atoms with Crippen LogP contribution in [0.4, 0.5) is 18.9 Å². The van der Waals surface area contributed by atoms with Gasteiger partial charge in [0.05, 0.1) is 4.92 Å². The summed E-state index contributed by atoms with van der Waals surface area (Å²) < 4.78 is 40.5. The molecule has 1 atom stereocenters. The third-order valence-electron chi connectivity index (χ3n) is 6.31. The number of hydrogen-bond acceptors (Lipinski definition) is 3. The van der Waals surface area contributed by atoms with Crippen molar-refractivity contribution in [3.63, 3.8) is 0 Å². The Labute approximate surface area is 227 Å². The molecule has 8 heteroatoms. The summed E-state index contributed by atoms with van der Waals surface area (Å²) >= 11 is 0. The number of halogens is 3. The number of carbonyl (C=O) groups is 1. The number of aryl methyl sites for hydroxylation is 1. The molecule has 2 aromatic carbocycles. The van der Waals surface area contributed by atoms with Crippen molar-refractivity contribution in [3.05, 3.63) is 111 Å². The van der Waals surface area contributed by atoms with E-state index in [-0.39, 0.29) is 18.4 Å². The molecule has 0 heterocycles. The van der Waals surface area contributed by atoms with Gasteiger partial charge in [-0.2, -0.15) is 13.2 Å². The van der Waals surface area contributed by atoms with Crippen LogP contribution in [-0.4, -0.2) is 16.0 Å². The van der Waals surface area contributed by atoms with Gasteiger partial charge in [-0.1, -0.05) is 79.6 Å². The number of alkyl halides is 3. The molecule has 0 fully saturated rings. The van der Waals surface area contributed by atoms with E-state index in [1.165, 1.54) is 11.6 Å². The van der Waals surface area contributed by atoms with E-state index >= 15 is 0 Å². The molecule has 39 heavy (non-hydrogen) atoms. The molecule has 1 aliphatic rings. The lowest BCUT2D eigenvalue weighted by atomic mass is 9.91. The highest BCUT2D eigenvalue weighted by molar-refractivity contribution is 5.70. The van der Waals surface area contributed by atoms with Crippen LogP contribution in [0.3, 0.4) is 0 Å². The first-order valence-corrected chi connectivity index (χ1v) is 12.8. The number of nitro groups is 1. The van der Waals surface area contributed by atoms with Gasteiger partial charge in [0.15, 0.2) is 0 Å². The number of nitrogens with zero attached hydrogens (tertiary/aromatic N) is 1. The molecule has 5 nitrogen and oxygen atoms in total. The van der Waals surface area contributed by atoms with E-state index in [0.29, 0.717) is 17.9 Å². The van der Waals surface area contributed by atoms with Crippen molar-refractivity contribution in [1.29, 1.82) is 0 Å². The number of allylic oxidation sites excluding steroid dienone is 8. The number of carboxylic acids is 1. The normalized spacial score (nSPS) is 15.5. The minimum absolute atomic E-state index is 0.0778. The summed E-state index contributed by atoms with van der Waals surface area (Å²) in [4.78, 5) is 21.2. The molecule has 2 aromatic rings. The molecule has 208 valence electrons. The van der Waals surface area contributed by atoms with E-state index < -0.39 is 28.3 Å². The predicted octanol–water partition coefficient (Wildman–Crippen LogP) is 8.89. The van der Waals surface area contributed by atoms with Crippen molar-refractivity contribution in [1.82, 2.24) is 0 Å². The van der Waals surface area contributed by atoms with Gasteiger partial charge in [0.1, 0.15) is 5.56 Å². The van der Waals surface area contributed by atoms with Crippen molar-refractivity contribution < 1.29 is 28.0 Å². The highest BCUT2D eigenvalue weighted by Crippen LogP contribution is 2.39. The lowest BCUT2D eigenvalue weighted by molar-refractivity contribution is -0.388. The zero-order chi connectivity index (χ0) is 29.2. The van der Waals surface area contributed by atoms with Gasteiger partial charge in [0, 0.05) is 18.4 Å². The number of aliphatic carboxylic acids is 1. The fourth-order valence-electron chi connectivity index (χ4n) is 4.26. The van der Waals surface area contributed by atoms with Crippen LogP contribution in [0, 0.1) is 16.0 Å². The Morgan fingerprint density at radius 1 is 1.13 bits per heavy atom. The monoisotopic (exact) mass is 541 g/mol. The highest BCUT2D eigenvalue weighted by Gasteiger charge is 2.38. The summed E-state index contributed by atoms with van der Waals surface area (Å²) in [6.45, 7) is 8.02. The SMILES string of the molecule is CC.CC1=CC=CCC1/C=C\C=C(/C)Cc1cc(-c2ccc([N+](=O)[O-])c(C(F)(F)F)c2)ccc1CCC(=O)O. The molecule has 0 aromatic heterocycles. The minimum atomic E-state index is -4.88. The Morgan fingerprint density at radius 2 is 1.79 bits per heavy atom. The first-order valence-electron chi connectivity index (χ1n) is 12.8. The smallest absolute Gasteiger partial charge is 0.423 e. The Balaban J connectivity index is 0.00000260. The lowest BCUT2D eigenvalue weighted by Gasteiger charge is -2.14. The van der Waals surface area contributed by atoms with Crippen LogP contribution >= 0.6 is 0 Å². The summed E-state index contributed by atoms with van der Waals surface area (Å²) in [5, 5.41) is 20.2. The zero-order valence-electron chi connectivity index (χ0n) is 22.6. The number of rotatable bonds is 9. The van der Waals surface area contributed by atoms with Crippen molar-refractivity contribution in [2.75, 3.05) is 0 Å². The molecular weight excluding hydrogens is 507 g/mol. The standard InChI is InChI=1S/C29H28F3NO4.C2H6/c1-19(6-5-9-21-8-4-3-7-20(21)2)16-25-17-23(11-10-22(25)13-15-28(34)35)24-12-14-27(33(36)37)26(18-24)29(30,31)32;1-2/h3-7,9-12,14,17-18,21H,8,13,15-16H2,1-2H3,(H,34,35);1-2H3/b9-5-,19-6+;. The van der Waals surface area contributed by atoms with E-state index in [2.05, 4.69) is 25.2 Å². The van der Waals surface area contributed by atoms with E-state index in [4.69, 9.17) is 5.11 Å². The summed E-state index contributed by atoms with van der Waals surface area (Å²) in [5.41, 5.74) is 2.20. The van der Waals surface area contributed by atoms with Crippen LogP contribution in [0.25, 0.3) is 11.1 Å². The second-order valence-corrected chi connectivity index (χ2v) is 9.12. The maximum atomic E-state index is 13.5. The maximum absolute atomic E-state index is 13.5. The molecule has 1 aliphatic carbocycles. The average Bonchev–Trinajstić information content (AvgIpc) is 2.89. The van der Waals surface area contributed by atoms with Crippen LogP contribution in [0.15, 0.2) is 84.0 Å². The molecule has 0 spiro atoms. The molecule has 0 aliphatic heterocycles. The quantitative estimate of drug-likeness (QED) is 0.195. The Bertz CT molecular complexity index is 1300. The first kappa shape index (κ1) is 31.3. The molecule has 0 saturated heterocycles. The van der Waals surface area contributed by atoms with Gasteiger partial charge in [0.2, 0.25) is 0 Å². The minimum Gasteiger partial charge on any atom is -0.481 e. The number of hydrogen-bond donors (Lipinski definition) is 1. The van der Waals surface area contributed by atoms with Gasteiger partial charge in [0.25, 0.3) is 5.69 Å². The van der Waals surface area contributed by atoms with Crippen LogP contribution in [-0.2, 0) is 23.8 Å². The average molecular weight is 542 g/mol. The predicted molar refractivity (Wildman–Crippen MR) is 148 cm³/mol. The van der Waals surface area contributed by atoms with E-state index in [1.54, 1.807) is 18.2 Å². The van der Waals surface area contributed by atoms with Gasteiger partial charge in [-0.15, -0.1) is 0 Å². The summed E-state index contributed by atoms with van der Waals surface area (Å²) in [5.74, 6) is -0.617. The number of carboxylic acid groups (broad SMARTS) is 1. The molecular formula is C31H34F3NO4. The molecule has 1 unspecified atom stereocenters. The van der Waals surface area contributed by atoms with Gasteiger partial charge in [-0.25, -0.2) is 0 Å². The van der Waals surface area contributed by atoms with Gasteiger partial charge in [-0.3, -0.25) is 14.9 Å². The third-order valence-corrected chi connectivity index (χ3v) is 6.31. The fourth-order valence-corrected chi connectivity index (χ4v) is 4.26. The Hall–Kier alpha value is -3.94. The molecule has 3 rings (SSSR count). The Kier molecular flexibility index (Phi) is 11.5. The Morgan fingerprint density at radius 3 is 2.41 bits per heavy atom. The van der Waals surface area contributed by atoms with Crippen molar-refractivity contribution in [3.8, 4) is 11.1 Å². The van der Waals surface area contributed by atoms with Crippen molar-refractivity contribution in [2.24, 2.45) is 5.92 Å². The largest absolute Gasteiger partial charge is 0.481 e. The molecule has 0 bridgehead atoms. The number of nitro benzene ring substituents is 1. The first-order chi connectivity index (χ1) is 18.5. The van der Waals surface area contributed by atoms with E-state index in [1.807, 2.05) is 39.0 Å². The summed E-state index contributed by atoms with van der Waals surface area (Å²) in [7, 11) is 0. The van der Waals surface area contributed by atoms with Crippen molar-refractivity contribution in [2.45, 2.75) is 59.6 Å². The lowest BCUT2D eigenvalue weighted by Crippen LogP contribution is -2.09. The molecule has 0 saturated carbocycles. The molecule has 1 N–H and O–H groups in total. The van der Waals surface area contributed by atoms with Gasteiger partial charge < -0.3 is 5.11 Å². The topological polar surface area (TPSA) is 80.4 Å². The molecule has 0 radical (unpaired) electrons. The van der Waals surface area contributed by atoms with Gasteiger partial charge in [-0.05, 0) is 67.5 Å². The zero-order valence-corrected chi connectivity index (χ0v) is 22.6. The van der Waals surface area contributed by atoms with E-state index in [0.717, 1.165) is 35.3 Å². The summed E-state index contributed by atoms with van der Waals surface area (Å²) in [6, 6.07) is 8.01. The maximum Gasteiger partial charge on any atom is 0.423 e. The summed E-state index contributed by atoms with van der Waals surface area (Å²) in [6.07, 6.45) is 9.05. The van der Waals surface area contributed by atoms with Crippen molar-refractivity contribution >= 4 is 11.7 Å². The van der Waals surface area contributed by atoms with E-state index in [9.17, 15) is 28.1 Å². The second kappa shape index (κ2) is 14.3. The number of benzene rings is 2. The second-order valence-electron chi connectivity index (χ2n) is 9.12. The van der Waals surface area contributed by atoms with Crippen LogP contribution < -0.4 is 0 Å². The molecule has 0 amide bonds. The highest BCUT2D eigenvalue weighted by atomic mass is 19.4. The van der Waals surface area contributed by atoms with Crippen LogP contribution in [0.1, 0.15) is 57.2 Å². The van der Waals surface area contributed by atoms with Gasteiger partial charge >= 0.3 is 12.1 Å². The third kappa shape index (κ3) is 9.09. The van der Waals surface area contributed by atoms with Crippen LogP contribution in [0.2, 0.25) is 0 Å². The fraction of sp³-hybridized carbons (Fsp3) is 0.323. The van der Waals surface area contributed by atoms with Crippen LogP contribution in [0.5, 0.6) is 0 Å².